The molecule has 4 nitrogen and oxygen atoms in total. The average Bonchev–Trinajstić information content (AvgIpc) is 2.46. The Balaban J connectivity index is 2.38. The van der Waals surface area contributed by atoms with E-state index in [4.69, 9.17) is 4.74 Å². The Bertz CT molecular complexity index is 378. The molecule has 0 aliphatic carbocycles. The summed E-state index contributed by atoms with van der Waals surface area (Å²) in [6.45, 7) is 4.18. The van der Waals surface area contributed by atoms with Crippen LogP contribution in [0.4, 0.5) is 0 Å². The summed E-state index contributed by atoms with van der Waals surface area (Å²) >= 11 is 0. The minimum Gasteiger partial charge on any atom is -0.511 e. The monoisotopic (exact) mass is 310 g/mol. The summed E-state index contributed by atoms with van der Waals surface area (Å²) in [6.07, 6.45) is 9.78. The van der Waals surface area contributed by atoms with Crippen LogP contribution in [0, 0.1) is 0 Å². The number of aliphatic hydroxyl groups excluding tert-OH is 1. The largest absolute Gasteiger partial charge is 0.511 e. The number of carbonyl (C=O) groups is 2. The van der Waals surface area contributed by atoms with E-state index in [-0.39, 0.29) is 29.6 Å². The minimum absolute atomic E-state index is 0.0847. The lowest BCUT2D eigenvalue weighted by Gasteiger charge is -2.23. The maximum atomic E-state index is 12.0. The summed E-state index contributed by atoms with van der Waals surface area (Å²) in [6, 6.07) is 0. The molecule has 1 aliphatic rings. The van der Waals surface area contributed by atoms with E-state index in [1.54, 1.807) is 0 Å². The third kappa shape index (κ3) is 6.20. The van der Waals surface area contributed by atoms with E-state index in [0.29, 0.717) is 12.8 Å². The summed E-state index contributed by atoms with van der Waals surface area (Å²) in [5.41, 5.74) is -0.113. The topological polar surface area (TPSA) is 63.6 Å². The number of carbonyl (C=O) groups excluding carboxylic acids is 2. The van der Waals surface area contributed by atoms with Gasteiger partial charge in [0.05, 0.1) is 0 Å². The van der Waals surface area contributed by atoms with Gasteiger partial charge in [-0.2, -0.15) is 0 Å². The zero-order valence-corrected chi connectivity index (χ0v) is 14.0. The normalized spacial score (nSPS) is 20.9. The number of aliphatic hydroxyl groups is 1. The first kappa shape index (κ1) is 18.7. The predicted molar refractivity (Wildman–Crippen MR) is 86.7 cm³/mol. The van der Waals surface area contributed by atoms with Crippen LogP contribution >= 0.6 is 0 Å². The van der Waals surface area contributed by atoms with Crippen LogP contribution in [-0.4, -0.2) is 23.0 Å². The number of ketones is 1. The van der Waals surface area contributed by atoms with E-state index in [1.165, 1.54) is 25.7 Å². The van der Waals surface area contributed by atoms with Gasteiger partial charge >= 0.3 is 5.97 Å². The molecule has 0 bridgehead atoms. The third-order valence-electron chi connectivity index (χ3n) is 4.09. The van der Waals surface area contributed by atoms with Crippen molar-refractivity contribution in [3.63, 3.8) is 0 Å². The molecule has 126 valence electrons. The Kier molecular flexibility index (Phi) is 8.86. The molecule has 22 heavy (non-hydrogen) atoms. The van der Waals surface area contributed by atoms with Crippen molar-refractivity contribution in [1.82, 2.24) is 0 Å². The van der Waals surface area contributed by atoms with Crippen LogP contribution in [0.2, 0.25) is 0 Å². The van der Waals surface area contributed by atoms with Gasteiger partial charge in [0, 0.05) is 12.8 Å². The van der Waals surface area contributed by atoms with Crippen molar-refractivity contribution in [2.24, 2.45) is 0 Å². The number of hydrogen-bond acceptors (Lipinski definition) is 4. The number of hydrogen-bond donors (Lipinski definition) is 1. The number of ether oxygens (including phenoxy) is 1. The molecule has 1 atom stereocenters. The highest BCUT2D eigenvalue weighted by atomic mass is 16.5. The van der Waals surface area contributed by atoms with Crippen molar-refractivity contribution in [3.05, 3.63) is 11.3 Å². The van der Waals surface area contributed by atoms with Gasteiger partial charge < -0.3 is 9.84 Å². The van der Waals surface area contributed by atoms with Crippen LogP contribution < -0.4 is 0 Å². The SMILES string of the molecule is CCCCCCCCCC(O)=C1C(=O)CC(CCC)OC1=O. The molecule has 0 amide bonds. The van der Waals surface area contributed by atoms with Crippen LogP contribution in [0.3, 0.4) is 0 Å². The van der Waals surface area contributed by atoms with Gasteiger partial charge in [-0.3, -0.25) is 4.79 Å². The minimum atomic E-state index is -0.643. The standard InChI is InChI=1S/C18H30O4/c1-3-5-6-7-8-9-10-12-15(19)17-16(20)13-14(11-4-2)22-18(17)21/h14,19H,3-13H2,1-2H3. The van der Waals surface area contributed by atoms with Crippen molar-refractivity contribution >= 4 is 11.8 Å². The van der Waals surface area contributed by atoms with Gasteiger partial charge in [0.25, 0.3) is 0 Å². The number of cyclic esters (lactones) is 1. The number of Topliss-reactive ketones (excluding diaryl/α,β-unsaturated/α-hetero) is 1. The first-order valence-electron chi connectivity index (χ1n) is 8.76. The van der Waals surface area contributed by atoms with E-state index in [2.05, 4.69) is 6.92 Å². The quantitative estimate of drug-likeness (QED) is 0.210. The molecule has 1 heterocycles. The third-order valence-corrected chi connectivity index (χ3v) is 4.09. The van der Waals surface area contributed by atoms with Crippen LogP contribution in [0.5, 0.6) is 0 Å². The second kappa shape index (κ2) is 10.4. The summed E-state index contributed by atoms with van der Waals surface area (Å²) in [7, 11) is 0. The molecule has 0 saturated carbocycles. The number of allylic oxidation sites excluding steroid dienone is 1. The van der Waals surface area contributed by atoms with Crippen molar-refractivity contribution in [1.29, 1.82) is 0 Å². The summed E-state index contributed by atoms with van der Waals surface area (Å²) in [5, 5.41) is 10.0. The van der Waals surface area contributed by atoms with Gasteiger partial charge in [0.15, 0.2) is 5.78 Å². The fourth-order valence-corrected chi connectivity index (χ4v) is 2.81. The maximum Gasteiger partial charge on any atom is 0.345 e. The highest BCUT2D eigenvalue weighted by Crippen LogP contribution is 2.23. The lowest BCUT2D eigenvalue weighted by atomic mass is 9.96. The van der Waals surface area contributed by atoms with E-state index >= 15 is 0 Å². The van der Waals surface area contributed by atoms with Crippen LogP contribution in [0.1, 0.15) is 84.5 Å². The first-order chi connectivity index (χ1) is 10.6. The number of unbranched alkanes of at least 4 members (excludes halogenated alkanes) is 6. The molecule has 1 aliphatic heterocycles. The Morgan fingerprint density at radius 3 is 2.27 bits per heavy atom. The van der Waals surface area contributed by atoms with E-state index in [9.17, 15) is 14.7 Å². The van der Waals surface area contributed by atoms with Gasteiger partial charge in [0.1, 0.15) is 17.4 Å². The molecule has 1 unspecified atom stereocenters. The maximum absolute atomic E-state index is 12.0. The van der Waals surface area contributed by atoms with Crippen molar-refractivity contribution in [2.45, 2.75) is 90.6 Å². The molecule has 1 N–H and O–H groups in total. The molecular formula is C18H30O4. The molecule has 1 fully saturated rings. The molecular weight excluding hydrogens is 280 g/mol. The molecule has 0 spiro atoms. The second-order valence-corrected chi connectivity index (χ2v) is 6.14. The second-order valence-electron chi connectivity index (χ2n) is 6.14. The number of esters is 1. The fourth-order valence-electron chi connectivity index (χ4n) is 2.81. The lowest BCUT2D eigenvalue weighted by Crippen LogP contribution is -2.33. The molecule has 4 heteroatoms. The van der Waals surface area contributed by atoms with Crippen LogP contribution in [0.15, 0.2) is 11.3 Å². The Labute approximate surface area is 133 Å². The molecule has 0 aromatic carbocycles. The average molecular weight is 310 g/mol. The van der Waals surface area contributed by atoms with E-state index in [1.807, 2.05) is 6.92 Å². The highest BCUT2D eigenvalue weighted by molar-refractivity contribution is 6.19. The molecule has 1 rings (SSSR count). The van der Waals surface area contributed by atoms with Gasteiger partial charge in [-0.1, -0.05) is 58.8 Å². The van der Waals surface area contributed by atoms with Gasteiger partial charge in [-0.05, 0) is 12.8 Å². The van der Waals surface area contributed by atoms with E-state index < -0.39 is 5.97 Å². The smallest absolute Gasteiger partial charge is 0.345 e. The molecule has 1 saturated heterocycles. The van der Waals surface area contributed by atoms with Gasteiger partial charge in [-0.25, -0.2) is 4.79 Å². The first-order valence-corrected chi connectivity index (χ1v) is 8.76. The summed E-state index contributed by atoms with van der Waals surface area (Å²) < 4.78 is 5.23. The Morgan fingerprint density at radius 2 is 1.68 bits per heavy atom. The summed E-state index contributed by atoms with van der Waals surface area (Å²) in [5.74, 6) is -0.996. The lowest BCUT2D eigenvalue weighted by molar-refractivity contribution is -0.151. The predicted octanol–water partition coefficient (Wildman–Crippen LogP) is 4.62. The molecule has 0 aromatic heterocycles. The van der Waals surface area contributed by atoms with Crippen LogP contribution in [-0.2, 0) is 14.3 Å². The fraction of sp³-hybridized carbons (Fsp3) is 0.778. The Hall–Kier alpha value is -1.32. The molecule has 0 aromatic rings. The number of rotatable bonds is 10. The van der Waals surface area contributed by atoms with Crippen LogP contribution in [0.25, 0.3) is 0 Å². The highest BCUT2D eigenvalue weighted by Gasteiger charge is 2.34. The van der Waals surface area contributed by atoms with Gasteiger partial charge in [-0.15, -0.1) is 0 Å². The van der Waals surface area contributed by atoms with Crippen molar-refractivity contribution in [3.8, 4) is 0 Å². The zero-order valence-electron chi connectivity index (χ0n) is 14.0. The van der Waals surface area contributed by atoms with Crippen molar-refractivity contribution in [2.75, 3.05) is 0 Å². The zero-order chi connectivity index (χ0) is 16.4. The Morgan fingerprint density at radius 1 is 1.05 bits per heavy atom. The van der Waals surface area contributed by atoms with E-state index in [0.717, 1.165) is 25.7 Å². The van der Waals surface area contributed by atoms with Crippen molar-refractivity contribution < 1.29 is 19.4 Å². The summed E-state index contributed by atoms with van der Waals surface area (Å²) in [4.78, 5) is 23.9. The van der Waals surface area contributed by atoms with Gasteiger partial charge in [0.2, 0.25) is 0 Å². The molecule has 0 radical (unpaired) electrons.